The maximum atomic E-state index is 4.09. The van der Waals surface area contributed by atoms with Gasteiger partial charge in [-0.15, -0.1) is 0 Å². The number of allylic oxidation sites excluding steroid dienone is 4. The Morgan fingerprint density at radius 1 is 1.00 bits per heavy atom. The molecule has 0 aromatic rings. The molecule has 58 valence electrons. The van der Waals surface area contributed by atoms with Crippen molar-refractivity contribution in [1.29, 1.82) is 0 Å². The summed E-state index contributed by atoms with van der Waals surface area (Å²) in [5.74, 6) is 1.46. The third-order valence-electron chi connectivity index (χ3n) is 2.94. The highest BCUT2D eigenvalue weighted by Gasteiger charge is 2.32. The second-order valence-electron chi connectivity index (χ2n) is 3.65. The third kappa shape index (κ3) is 0.973. The van der Waals surface area contributed by atoms with Crippen molar-refractivity contribution in [3.63, 3.8) is 0 Å². The van der Waals surface area contributed by atoms with Crippen molar-refractivity contribution in [3.8, 4) is 0 Å². The van der Waals surface area contributed by atoms with Crippen molar-refractivity contribution in [3.05, 3.63) is 36.5 Å². The highest BCUT2D eigenvalue weighted by molar-refractivity contribution is 5.29. The van der Waals surface area contributed by atoms with Crippen molar-refractivity contribution >= 4 is 0 Å². The van der Waals surface area contributed by atoms with Gasteiger partial charge in [0.15, 0.2) is 0 Å². The Hall–Kier alpha value is -0.780. The van der Waals surface area contributed by atoms with Gasteiger partial charge in [0.05, 0.1) is 0 Å². The lowest BCUT2D eigenvalue weighted by Crippen LogP contribution is -2.11. The van der Waals surface area contributed by atoms with Crippen LogP contribution in [0.2, 0.25) is 0 Å². The summed E-state index contributed by atoms with van der Waals surface area (Å²) >= 11 is 0. The van der Waals surface area contributed by atoms with E-state index in [1.165, 1.54) is 24.0 Å². The zero-order valence-corrected chi connectivity index (χ0v) is 6.84. The van der Waals surface area contributed by atoms with Gasteiger partial charge < -0.3 is 0 Å². The Bertz CT molecular complexity index is 208. The van der Waals surface area contributed by atoms with Gasteiger partial charge in [-0.2, -0.15) is 0 Å². The quantitative estimate of drug-likeness (QED) is 0.461. The summed E-state index contributed by atoms with van der Waals surface area (Å²) in [7, 11) is 0. The molecule has 0 bridgehead atoms. The zero-order chi connectivity index (χ0) is 7.84. The van der Waals surface area contributed by atoms with Crippen LogP contribution in [0.3, 0.4) is 0 Å². The second kappa shape index (κ2) is 2.37. The summed E-state index contributed by atoms with van der Waals surface area (Å²) < 4.78 is 0. The molecule has 0 radical (unpaired) electrons. The van der Waals surface area contributed by atoms with Crippen LogP contribution in [0.25, 0.3) is 0 Å². The van der Waals surface area contributed by atoms with Gasteiger partial charge in [0.25, 0.3) is 0 Å². The molecule has 2 rings (SSSR count). The topological polar surface area (TPSA) is 0 Å². The molecule has 2 aliphatic carbocycles. The molecule has 0 spiro atoms. The summed E-state index contributed by atoms with van der Waals surface area (Å²) in [6.07, 6.45) is 8.04. The summed E-state index contributed by atoms with van der Waals surface area (Å²) in [5.41, 5.74) is 2.81. The lowest BCUT2D eigenvalue weighted by atomic mass is 9.83. The molecule has 0 saturated heterocycles. The summed E-state index contributed by atoms with van der Waals surface area (Å²) in [6.45, 7) is 8.19. The molecule has 0 N–H and O–H groups in total. The van der Waals surface area contributed by atoms with Gasteiger partial charge >= 0.3 is 0 Å². The van der Waals surface area contributed by atoms with Crippen molar-refractivity contribution in [1.82, 2.24) is 0 Å². The van der Waals surface area contributed by atoms with Crippen LogP contribution in [0.4, 0.5) is 0 Å². The van der Waals surface area contributed by atoms with Gasteiger partial charge in [-0.05, 0) is 31.1 Å². The minimum absolute atomic E-state index is 0.729. The van der Waals surface area contributed by atoms with Crippen LogP contribution in [-0.4, -0.2) is 0 Å². The van der Waals surface area contributed by atoms with Gasteiger partial charge in [-0.3, -0.25) is 0 Å². The molecular weight excluding hydrogens is 132 g/mol. The van der Waals surface area contributed by atoms with E-state index < -0.39 is 0 Å². The predicted molar refractivity (Wildman–Crippen MR) is 48.3 cm³/mol. The molecule has 0 heterocycles. The van der Waals surface area contributed by atoms with E-state index in [0.717, 1.165) is 18.3 Å². The Kier molecular flexibility index (Phi) is 1.49. The van der Waals surface area contributed by atoms with E-state index in [4.69, 9.17) is 0 Å². The van der Waals surface area contributed by atoms with E-state index in [1.807, 2.05) is 0 Å². The molecular formula is C11H14. The van der Waals surface area contributed by atoms with Gasteiger partial charge in [0.2, 0.25) is 0 Å². The molecule has 1 saturated carbocycles. The molecule has 0 amide bonds. The monoisotopic (exact) mass is 146 g/mol. The van der Waals surface area contributed by atoms with Gasteiger partial charge in [-0.1, -0.05) is 36.5 Å². The first-order valence-corrected chi connectivity index (χ1v) is 4.29. The molecule has 2 unspecified atom stereocenters. The van der Waals surface area contributed by atoms with Crippen LogP contribution in [0, 0.1) is 11.8 Å². The van der Waals surface area contributed by atoms with Gasteiger partial charge in [-0.25, -0.2) is 0 Å². The Balaban J connectivity index is 2.28. The normalized spacial score (nSPS) is 36.0. The average molecular weight is 146 g/mol. The lowest BCUT2D eigenvalue weighted by molar-refractivity contribution is 0.466. The van der Waals surface area contributed by atoms with Crippen molar-refractivity contribution in [2.45, 2.75) is 19.3 Å². The first kappa shape index (κ1) is 6.90. The fourth-order valence-corrected chi connectivity index (χ4v) is 2.27. The largest absolute Gasteiger partial charge is 0.0992 e. The third-order valence-corrected chi connectivity index (χ3v) is 2.94. The molecule has 1 fully saturated rings. The minimum Gasteiger partial charge on any atom is -0.0992 e. The van der Waals surface area contributed by atoms with Crippen LogP contribution in [0.1, 0.15) is 19.3 Å². The molecule has 0 aromatic heterocycles. The van der Waals surface area contributed by atoms with E-state index in [1.54, 1.807) is 0 Å². The van der Waals surface area contributed by atoms with Crippen molar-refractivity contribution in [2.75, 3.05) is 0 Å². The molecule has 2 aliphatic rings. The lowest BCUT2D eigenvalue weighted by Gasteiger charge is -2.21. The Morgan fingerprint density at radius 3 is 1.91 bits per heavy atom. The second-order valence-corrected chi connectivity index (χ2v) is 3.65. The highest BCUT2D eigenvalue weighted by Crippen LogP contribution is 2.45. The highest BCUT2D eigenvalue weighted by atomic mass is 14.4. The van der Waals surface area contributed by atoms with Gasteiger partial charge in [0.1, 0.15) is 0 Å². The first-order chi connectivity index (χ1) is 5.29. The molecule has 11 heavy (non-hydrogen) atoms. The Labute approximate surface area is 68.3 Å². The van der Waals surface area contributed by atoms with Crippen LogP contribution >= 0.6 is 0 Å². The van der Waals surface area contributed by atoms with Crippen molar-refractivity contribution < 1.29 is 0 Å². The van der Waals surface area contributed by atoms with Crippen LogP contribution in [-0.2, 0) is 0 Å². The van der Waals surface area contributed by atoms with E-state index >= 15 is 0 Å². The van der Waals surface area contributed by atoms with Crippen molar-refractivity contribution in [2.24, 2.45) is 11.8 Å². The fourth-order valence-electron chi connectivity index (χ4n) is 2.27. The molecule has 2 atom stereocenters. The summed E-state index contributed by atoms with van der Waals surface area (Å²) in [4.78, 5) is 0. The predicted octanol–water partition coefficient (Wildman–Crippen LogP) is 3.08. The molecule has 0 heteroatoms. The maximum Gasteiger partial charge on any atom is -0.00995 e. The van der Waals surface area contributed by atoms with Crippen LogP contribution in [0.15, 0.2) is 36.5 Å². The maximum absolute atomic E-state index is 4.09. The van der Waals surface area contributed by atoms with E-state index in [9.17, 15) is 0 Å². The zero-order valence-electron chi connectivity index (χ0n) is 6.84. The minimum atomic E-state index is 0.729. The number of hydrogen-bond donors (Lipinski definition) is 0. The summed E-state index contributed by atoms with van der Waals surface area (Å²) in [5, 5.41) is 0. The smallest absolute Gasteiger partial charge is 0.00995 e. The fraction of sp³-hybridized carbons (Fsp3) is 0.455. The molecule has 0 aromatic carbocycles. The van der Waals surface area contributed by atoms with E-state index in [-0.39, 0.29) is 0 Å². The average Bonchev–Trinajstić information content (AvgIpc) is 2.30. The van der Waals surface area contributed by atoms with Crippen LogP contribution < -0.4 is 0 Å². The molecule has 0 nitrogen and oxygen atoms in total. The van der Waals surface area contributed by atoms with E-state index in [0.29, 0.717) is 0 Å². The van der Waals surface area contributed by atoms with E-state index in [2.05, 4.69) is 25.3 Å². The SMILES string of the molecule is C=C1CC(=C)C2CC=CCC12. The Morgan fingerprint density at radius 2 is 1.45 bits per heavy atom. The first-order valence-electron chi connectivity index (χ1n) is 4.29. The summed E-state index contributed by atoms with van der Waals surface area (Å²) in [6, 6.07) is 0. The van der Waals surface area contributed by atoms with Crippen LogP contribution in [0.5, 0.6) is 0 Å². The standard InChI is InChI=1S/C11H14/c1-8-7-9(2)11-6-4-3-5-10(8)11/h3-4,10-11H,1-2,5-7H2. The molecule has 0 aliphatic heterocycles. The number of hydrogen-bond acceptors (Lipinski definition) is 0. The number of rotatable bonds is 0. The number of fused-ring (bicyclic) bond motifs is 1. The van der Waals surface area contributed by atoms with Gasteiger partial charge in [0, 0.05) is 0 Å².